The summed E-state index contributed by atoms with van der Waals surface area (Å²) in [6.45, 7) is 4.20. The molecule has 1 heterocycles. The monoisotopic (exact) mass is 300 g/mol. The summed E-state index contributed by atoms with van der Waals surface area (Å²) < 4.78 is 5.38. The Bertz CT molecular complexity index is 698. The summed E-state index contributed by atoms with van der Waals surface area (Å²) in [6.07, 6.45) is 1.74. The van der Waals surface area contributed by atoms with Gasteiger partial charge in [-0.15, -0.1) is 0 Å². The van der Waals surface area contributed by atoms with Crippen molar-refractivity contribution >= 4 is 5.91 Å². The van der Waals surface area contributed by atoms with Crippen molar-refractivity contribution in [3.8, 4) is 11.5 Å². The third kappa shape index (κ3) is 3.03. The highest BCUT2D eigenvalue weighted by atomic mass is 16.5. The highest BCUT2D eigenvalue weighted by molar-refractivity contribution is 5.96. The minimum Gasteiger partial charge on any atom is -0.507 e. The molecule has 5 nitrogen and oxygen atoms in total. The van der Waals surface area contributed by atoms with Gasteiger partial charge in [0.15, 0.2) is 0 Å². The van der Waals surface area contributed by atoms with Crippen molar-refractivity contribution in [3.05, 3.63) is 52.8 Å². The first-order valence-corrected chi connectivity index (χ1v) is 6.98. The number of hydrogen-bond acceptors (Lipinski definition) is 4. The lowest BCUT2D eigenvalue weighted by atomic mass is 10.1. The standard InChI is InChI=1S/C17H20N2O3/c1-11-9-18-14(12(2)16(11)22-4)10-19(3)17(21)13-7-5-6-8-15(13)20/h5-9,20H,10H2,1-4H3. The average molecular weight is 300 g/mol. The van der Waals surface area contributed by atoms with Crippen LogP contribution in [0.25, 0.3) is 0 Å². The third-order valence-electron chi connectivity index (χ3n) is 3.62. The van der Waals surface area contributed by atoms with E-state index in [1.165, 1.54) is 11.0 Å². The minimum absolute atomic E-state index is 0.0227. The van der Waals surface area contributed by atoms with Gasteiger partial charge in [-0.3, -0.25) is 9.78 Å². The summed E-state index contributed by atoms with van der Waals surface area (Å²) in [5.74, 6) is 0.512. The Labute approximate surface area is 130 Å². The quantitative estimate of drug-likeness (QED) is 0.943. The molecule has 5 heteroatoms. The lowest BCUT2D eigenvalue weighted by Gasteiger charge is -2.20. The number of aromatic nitrogens is 1. The second-order valence-corrected chi connectivity index (χ2v) is 5.22. The van der Waals surface area contributed by atoms with Crippen molar-refractivity contribution in [2.45, 2.75) is 20.4 Å². The van der Waals surface area contributed by atoms with Crippen LogP contribution in [0.5, 0.6) is 11.5 Å². The van der Waals surface area contributed by atoms with Crippen LogP contribution in [0.4, 0.5) is 0 Å². The van der Waals surface area contributed by atoms with E-state index in [0.29, 0.717) is 6.54 Å². The zero-order valence-corrected chi connectivity index (χ0v) is 13.3. The van der Waals surface area contributed by atoms with Gasteiger partial charge in [-0.1, -0.05) is 12.1 Å². The van der Waals surface area contributed by atoms with Crippen molar-refractivity contribution in [2.24, 2.45) is 0 Å². The summed E-state index contributed by atoms with van der Waals surface area (Å²) in [6, 6.07) is 6.51. The van der Waals surface area contributed by atoms with E-state index in [0.717, 1.165) is 22.6 Å². The molecule has 0 unspecified atom stereocenters. The van der Waals surface area contributed by atoms with Gasteiger partial charge in [0.05, 0.1) is 24.9 Å². The minimum atomic E-state index is -0.251. The van der Waals surface area contributed by atoms with Crippen molar-refractivity contribution < 1.29 is 14.6 Å². The SMILES string of the molecule is COc1c(C)cnc(CN(C)C(=O)c2ccccc2O)c1C. The van der Waals surface area contributed by atoms with Crippen LogP contribution < -0.4 is 4.74 Å². The van der Waals surface area contributed by atoms with Gasteiger partial charge in [0.25, 0.3) is 5.91 Å². The summed E-state index contributed by atoms with van der Waals surface area (Å²) in [5, 5.41) is 9.79. The van der Waals surface area contributed by atoms with Gasteiger partial charge in [-0.25, -0.2) is 0 Å². The Morgan fingerprint density at radius 2 is 2.00 bits per heavy atom. The molecular formula is C17H20N2O3. The topological polar surface area (TPSA) is 62.7 Å². The molecule has 1 aromatic heterocycles. The molecule has 0 saturated heterocycles. The number of hydrogen-bond donors (Lipinski definition) is 1. The molecule has 0 bridgehead atoms. The van der Waals surface area contributed by atoms with Crippen LogP contribution in [0.3, 0.4) is 0 Å². The first-order valence-electron chi connectivity index (χ1n) is 6.98. The molecule has 1 amide bonds. The fourth-order valence-electron chi connectivity index (χ4n) is 2.39. The number of nitrogens with zero attached hydrogens (tertiary/aromatic N) is 2. The molecule has 0 saturated carbocycles. The Hall–Kier alpha value is -2.56. The van der Waals surface area contributed by atoms with Gasteiger partial charge >= 0.3 is 0 Å². The fourth-order valence-corrected chi connectivity index (χ4v) is 2.39. The molecule has 0 spiro atoms. The van der Waals surface area contributed by atoms with Gasteiger partial charge in [0, 0.05) is 24.4 Å². The number of carbonyl (C=O) groups excluding carboxylic acids is 1. The number of benzene rings is 1. The number of ether oxygens (including phenoxy) is 1. The molecule has 22 heavy (non-hydrogen) atoms. The summed E-state index contributed by atoms with van der Waals surface area (Å²) in [7, 11) is 3.30. The Balaban J connectivity index is 2.24. The van der Waals surface area contributed by atoms with E-state index < -0.39 is 0 Å². The van der Waals surface area contributed by atoms with Gasteiger partial charge < -0.3 is 14.7 Å². The van der Waals surface area contributed by atoms with Crippen molar-refractivity contribution in [1.29, 1.82) is 0 Å². The predicted molar refractivity (Wildman–Crippen MR) is 84.2 cm³/mol. The van der Waals surface area contributed by atoms with Crippen LogP contribution in [0.1, 0.15) is 27.2 Å². The zero-order chi connectivity index (χ0) is 16.3. The first kappa shape index (κ1) is 15.8. The van der Waals surface area contributed by atoms with E-state index in [-0.39, 0.29) is 17.2 Å². The molecule has 0 atom stereocenters. The zero-order valence-electron chi connectivity index (χ0n) is 13.3. The molecule has 0 fully saturated rings. The number of phenols is 1. The number of amides is 1. The number of methoxy groups -OCH3 is 1. The summed E-state index contributed by atoms with van der Waals surface area (Å²) in [5.41, 5.74) is 2.92. The number of aryl methyl sites for hydroxylation is 1. The van der Waals surface area contributed by atoms with Crippen molar-refractivity contribution in [2.75, 3.05) is 14.2 Å². The summed E-state index contributed by atoms with van der Waals surface area (Å²) in [4.78, 5) is 18.3. The molecule has 1 aromatic carbocycles. The average Bonchev–Trinajstić information content (AvgIpc) is 2.50. The molecule has 2 aromatic rings. The van der Waals surface area contributed by atoms with Crippen LogP contribution >= 0.6 is 0 Å². The number of rotatable bonds is 4. The van der Waals surface area contributed by atoms with Crippen molar-refractivity contribution in [3.63, 3.8) is 0 Å². The Kier molecular flexibility index (Phi) is 4.65. The second kappa shape index (κ2) is 6.47. The molecule has 1 N–H and O–H groups in total. The normalized spacial score (nSPS) is 10.4. The van der Waals surface area contributed by atoms with Crippen LogP contribution in [-0.4, -0.2) is 35.1 Å². The lowest BCUT2D eigenvalue weighted by molar-refractivity contribution is 0.0780. The van der Waals surface area contributed by atoms with Gasteiger partial charge in [-0.2, -0.15) is 0 Å². The highest BCUT2D eigenvalue weighted by Gasteiger charge is 2.18. The molecule has 116 valence electrons. The number of phenolic OH excluding ortho intramolecular Hbond substituents is 1. The molecular weight excluding hydrogens is 280 g/mol. The number of pyridine rings is 1. The van der Waals surface area contributed by atoms with Gasteiger partial charge in [0.2, 0.25) is 0 Å². The second-order valence-electron chi connectivity index (χ2n) is 5.22. The number of para-hydroxylation sites is 1. The maximum Gasteiger partial charge on any atom is 0.257 e. The van der Waals surface area contributed by atoms with Gasteiger partial charge in [0.1, 0.15) is 11.5 Å². The van der Waals surface area contributed by atoms with E-state index in [4.69, 9.17) is 4.74 Å². The lowest BCUT2D eigenvalue weighted by Crippen LogP contribution is -2.27. The number of carbonyl (C=O) groups is 1. The Morgan fingerprint density at radius 3 is 2.64 bits per heavy atom. The Morgan fingerprint density at radius 1 is 1.32 bits per heavy atom. The smallest absolute Gasteiger partial charge is 0.257 e. The largest absolute Gasteiger partial charge is 0.507 e. The molecule has 0 aliphatic heterocycles. The molecule has 2 rings (SSSR count). The fraction of sp³-hybridized carbons (Fsp3) is 0.294. The highest BCUT2D eigenvalue weighted by Crippen LogP contribution is 2.25. The van der Waals surface area contributed by atoms with Crippen LogP contribution in [0, 0.1) is 13.8 Å². The first-order chi connectivity index (χ1) is 10.5. The van der Waals surface area contributed by atoms with Crippen molar-refractivity contribution in [1.82, 2.24) is 9.88 Å². The maximum atomic E-state index is 12.4. The predicted octanol–water partition coefficient (Wildman–Crippen LogP) is 2.68. The maximum absolute atomic E-state index is 12.4. The van der Waals surface area contributed by atoms with E-state index in [9.17, 15) is 9.90 Å². The van der Waals surface area contributed by atoms with Crippen LogP contribution in [0.2, 0.25) is 0 Å². The van der Waals surface area contributed by atoms with Crippen LogP contribution in [0.15, 0.2) is 30.5 Å². The third-order valence-corrected chi connectivity index (χ3v) is 3.62. The van der Waals surface area contributed by atoms with E-state index in [1.54, 1.807) is 38.6 Å². The van der Waals surface area contributed by atoms with E-state index in [1.807, 2.05) is 13.8 Å². The van der Waals surface area contributed by atoms with E-state index in [2.05, 4.69) is 4.98 Å². The summed E-state index contributed by atoms with van der Waals surface area (Å²) >= 11 is 0. The van der Waals surface area contributed by atoms with E-state index >= 15 is 0 Å². The van der Waals surface area contributed by atoms with Gasteiger partial charge in [-0.05, 0) is 26.0 Å². The molecule has 0 aliphatic carbocycles. The molecule has 0 radical (unpaired) electrons. The number of aromatic hydroxyl groups is 1. The molecule has 0 aliphatic rings. The van der Waals surface area contributed by atoms with Crippen LogP contribution in [-0.2, 0) is 6.54 Å².